The van der Waals surface area contributed by atoms with Crippen molar-refractivity contribution in [3.05, 3.63) is 0 Å². The van der Waals surface area contributed by atoms with Gasteiger partial charge in [0.1, 0.15) is 5.84 Å². The van der Waals surface area contributed by atoms with Gasteiger partial charge in [-0.3, -0.25) is 20.6 Å². The summed E-state index contributed by atoms with van der Waals surface area (Å²) in [6, 6.07) is 0. The Morgan fingerprint density at radius 1 is 2.00 bits per heavy atom. The van der Waals surface area contributed by atoms with E-state index in [2.05, 4.69) is 5.43 Å². The molecule has 0 bridgehead atoms. The summed E-state index contributed by atoms with van der Waals surface area (Å²) in [5.41, 5.74) is 2.24. The molecule has 0 spiro atoms. The van der Waals surface area contributed by atoms with E-state index in [1.54, 1.807) is 7.05 Å². The fraction of sp³-hybridized carbons (Fsp3) is 0.500. The molecule has 0 aliphatic carbocycles. The molecule has 0 aromatic rings. The van der Waals surface area contributed by atoms with Crippen molar-refractivity contribution in [3.8, 4) is 0 Å². The predicted molar refractivity (Wildman–Crippen MR) is 35.4 cm³/mol. The molecule has 0 saturated carbocycles. The van der Waals surface area contributed by atoms with Crippen molar-refractivity contribution < 1.29 is 4.79 Å². The maximum absolute atomic E-state index is 9.74. The molecule has 0 rings (SSSR count). The summed E-state index contributed by atoms with van der Waals surface area (Å²) < 4.78 is 0. The highest BCUT2D eigenvalue weighted by Crippen LogP contribution is 1.81. The van der Waals surface area contributed by atoms with E-state index in [1.807, 2.05) is 0 Å². The fourth-order valence-electron chi connectivity index (χ4n) is 0.247. The van der Waals surface area contributed by atoms with Crippen LogP contribution in [0.1, 0.15) is 0 Å². The van der Waals surface area contributed by atoms with Gasteiger partial charge >= 0.3 is 0 Å². The van der Waals surface area contributed by atoms with E-state index in [-0.39, 0.29) is 11.7 Å². The van der Waals surface area contributed by atoms with E-state index in [1.165, 1.54) is 5.01 Å². The summed E-state index contributed by atoms with van der Waals surface area (Å²) in [4.78, 5) is 9.74. The van der Waals surface area contributed by atoms with Crippen molar-refractivity contribution in [3.63, 3.8) is 0 Å². The highest BCUT2D eigenvalue weighted by molar-refractivity contribution is 6.27. The lowest BCUT2D eigenvalue weighted by atomic mass is 10.7. The van der Waals surface area contributed by atoms with Crippen molar-refractivity contribution in [2.45, 2.75) is 0 Å². The molecule has 0 aromatic carbocycles. The predicted octanol–water partition coefficient (Wildman–Crippen LogP) is -0.205. The van der Waals surface area contributed by atoms with Crippen LogP contribution in [0.25, 0.3) is 0 Å². The van der Waals surface area contributed by atoms with Crippen molar-refractivity contribution in [1.82, 2.24) is 10.4 Å². The van der Waals surface area contributed by atoms with Crippen LogP contribution in [0.3, 0.4) is 0 Å². The van der Waals surface area contributed by atoms with Crippen LogP contribution in [-0.4, -0.2) is 30.2 Å². The third-order valence-electron chi connectivity index (χ3n) is 0.778. The lowest BCUT2D eigenvalue weighted by Gasteiger charge is -2.15. The van der Waals surface area contributed by atoms with Gasteiger partial charge in [-0.15, -0.1) is 11.6 Å². The molecule has 0 fully saturated rings. The second-order valence-electron chi connectivity index (χ2n) is 1.39. The van der Waals surface area contributed by atoms with Crippen LogP contribution < -0.4 is 5.43 Å². The van der Waals surface area contributed by atoms with Gasteiger partial charge in [0.15, 0.2) is 0 Å². The van der Waals surface area contributed by atoms with Crippen LogP contribution >= 0.6 is 11.6 Å². The van der Waals surface area contributed by atoms with Gasteiger partial charge in [-0.1, -0.05) is 0 Å². The first kappa shape index (κ1) is 8.23. The summed E-state index contributed by atoms with van der Waals surface area (Å²) >= 11 is 5.26. The van der Waals surface area contributed by atoms with Gasteiger partial charge in [-0.25, -0.2) is 0 Å². The van der Waals surface area contributed by atoms with Gasteiger partial charge < -0.3 is 0 Å². The fourth-order valence-corrected chi connectivity index (χ4v) is 0.426. The smallest absolute Gasteiger partial charge is 0.225 e. The quantitative estimate of drug-likeness (QED) is 0.192. The topological polar surface area (TPSA) is 56.2 Å². The lowest BCUT2D eigenvalue weighted by Crippen LogP contribution is -2.38. The minimum Gasteiger partial charge on any atom is -0.286 e. The van der Waals surface area contributed by atoms with E-state index < -0.39 is 0 Å². The van der Waals surface area contributed by atoms with Crippen molar-refractivity contribution in [1.29, 1.82) is 5.41 Å². The van der Waals surface area contributed by atoms with Gasteiger partial charge in [0.2, 0.25) is 6.41 Å². The molecule has 1 amide bonds. The van der Waals surface area contributed by atoms with E-state index in [0.29, 0.717) is 6.41 Å². The number of amidine groups is 1. The van der Waals surface area contributed by atoms with Crippen LogP contribution in [0.15, 0.2) is 0 Å². The number of halogens is 1. The van der Waals surface area contributed by atoms with Crippen molar-refractivity contribution >= 4 is 23.8 Å². The molecule has 0 aromatic heterocycles. The summed E-state index contributed by atoms with van der Waals surface area (Å²) in [6.45, 7) is 0. The molecular formula is C4H8ClN3O. The van der Waals surface area contributed by atoms with E-state index in [0.717, 1.165) is 0 Å². The second kappa shape index (κ2) is 4.14. The zero-order valence-corrected chi connectivity index (χ0v) is 5.77. The molecule has 0 radical (unpaired) electrons. The molecule has 0 atom stereocenters. The minimum absolute atomic E-state index is 0.0946. The summed E-state index contributed by atoms with van der Waals surface area (Å²) in [7, 11) is 1.54. The van der Waals surface area contributed by atoms with Crippen LogP contribution in [0.4, 0.5) is 0 Å². The third-order valence-corrected chi connectivity index (χ3v) is 1.03. The number of amides is 1. The Labute approximate surface area is 58.3 Å². The zero-order chi connectivity index (χ0) is 7.28. The molecule has 0 saturated heterocycles. The number of carbonyl (C=O) groups excluding carboxylic acids is 1. The number of alkyl halides is 1. The number of hydrogen-bond acceptors (Lipinski definition) is 2. The zero-order valence-electron chi connectivity index (χ0n) is 5.02. The number of hydrazine groups is 1. The standard InChI is InChI=1S/C4H8ClN3O/c1-8(7-3-9)4(6)2-5/h3,6H,2H2,1H3,(H,7,9). The Morgan fingerprint density at radius 3 is 2.89 bits per heavy atom. The minimum atomic E-state index is 0.0946. The van der Waals surface area contributed by atoms with Crippen molar-refractivity contribution in [2.24, 2.45) is 0 Å². The maximum Gasteiger partial charge on any atom is 0.225 e. The maximum atomic E-state index is 9.74. The summed E-state index contributed by atoms with van der Waals surface area (Å²) in [6.07, 6.45) is 0.487. The van der Waals surface area contributed by atoms with Gasteiger partial charge in [0, 0.05) is 7.05 Å². The first-order valence-electron chi connectivity index (χ1n) is 2.29. The Hall–Kier alpha value is -0.770. The second-order valence-corrected chi connectivity index (χ2v) is 1.65. The molecule has 4 nitrogen and oxygen atoms in total. The average Bonchev–Trinajstić information content (AvgIpc) is 1.87. The monoisotopic (exact) mass is 149 g/mol. The Kier molecular flexibility index (Phi) is 3.79. The number of nitrogens with one attached hydrogen (secondary N) is 2. The Bertz CT molecular complexity index is 116. The normalized spacial score (nSPS) is 8.22. The van der Waals surface area contributed by atoms with Crippen molar-refractivity contribution in [2.75, 3.05) is 12.9 Å². The Morgan fingerprint density at radius 2 is 2.56 bits per heavy atom. The van der Waals surface area contributed by atoms with Gasteiger partial charge in [0.05, 0.1) is 5.88 Å². The van der Waals surface area contributed by atoms with Crippen LogP contribution in [0.2, 0.25) is 0 Å². The first-order chi connectivity index (χ1) is 4.22. The molecule has 52 valence electrons. The number of carbonyl (C=O) groups is 1. The van der Waals surface area contributed by atoms with Gasteiger partial charge in [-0.05, 0) is 0 Å². The average molecular weight is 150 g/mol. The number of rotatable bonds is 3. The number of nitrogens with zero attached hydrogens (tertiary/aromatic N) is 1. The molecule has 5 heteroatoms. The summed E-state index contributed by atoms with van der Waals surface area (Å²) in [5, 5.41) is 8.26. The SMILES string of the molecule is CN(NC=O)C(=N)CCl. The Balaban J connectivity index is 3.58. The van der Waals surface area contributed by atoms with Crippen LogP contribution in [0.5, 0.6) is 0 Å². The molecule has 0 aliphatic heterocycles. The largest absolute Gasteiger partial charge is 0.286 e. The molecule has 2 N–H and O–H groups in total. The molecule has 0 aliphatic rings. The molecule has 9 heavy (non-hydrogen) atoms. The highest BCUT2D eigenvalue weighted by Gasteiger charge is 1.97. The van der Waals surface area contributed by atoms with Gasteiger partial charge in [0.25, 0.3) is 0 Å². The first-order valence-corrected chi connectivity index (χ1v) is 2.82. The highest BCUT2D eigenvalue weighted by atomic mass is 35.5. The van der Waals surface area contributed by atoms with E-state index >= 15 is 0 Å². The van der Waals surface area contributed by atoms with Crippen LogP contribution in [0, 0.1) is 5.41 Å². The van der Waals surface area contributed by atoms with E-state index in [9.17, 15) is 4.79 Å². The van der Waals surface area contributed by atoms with Crippen LogP contribution in [-0.2, 0) is 4.79 Å². The third kappa shape index (κ3) is 2.92. The summed E-state index contributed by atoms with van der Waals surface area (Å²) in [5.74, 6) is 0.251. The lowest BCUT2D eigenvalue weighted by molar-refractivity contribution is -0.112. The van der Waals surface area contributed by atoms with Gasteiger partial charge in [-0.2, -0.15) is 0 Å². The molecule has 0 heterocycles. The molecule has 0 unspecified atom stereocenters. The number of hydrogen-bond donors (Lipinski definition) is 2. The molecular weight excluding hydrogens is 142 g/mol. The van der Waals surface area contributed by atoms with E-state index in [4.69, 9.17) is 17.0 Å².